The van der Waals surface area contributed by atoms with Gasteiger partial charge in [0.2, 0.25) is 17.7 Å². The zero-order valence-electron chi connectivity index (χ0n) is 14.6. The van der Waals surface area contributed by atoms with Gasteiger partial charge >= 0.3 is 0 Å². The second-order valence-corrected chi connectivity index (χ2v) is 7.16. The molecule has 1 aromatic carbocycles. The molecule has 0 bridgehead atoms. The summed E-state index contributed by atoms with van der Waals surface area (Å²) in [5, 5.41) is 0. The van der Waals surface area contributed by atoms with Crippen LogP contribution in [0.1, 0.15) is 30.4 Å². The number of hydrogen-bond donors (Lipinski definition) is 1. The maximum Gasteiger partial charge on any atom is 0.227 e. The van der Waals surface area contributed by atoms with Crippen LogP contribution in [0, 0.1) is 18.8 Å². The van der Waals surface area contributed by atoms with E-state index in [1.165, 1.54) is 5.56 Å². The first kappa shape index (κ1) is 17.5. The number of amides is 3. The fraction of sp³-hybridized carbons (Fsp3) is 0.526. The fourth-order valence-corrected chi connectivity index (χ4v) is 3.65. The van der Waals surface area contributed by atoms with Crippen LogP contribution in [-0.2, 0) is 20.9 Å². The molecule has 1 aromatic rings. The summed E-state index contributed by atoms with van der Waals surface area (Å²) in [4.78, 5) is 39.8. The summed E-state index contributed by atoms with van der Waals surface area (Å²) < 4.78 is 0. The van der Waals surface area contributed by atoms with Gasteiger partial charge in [-0.2, -0.15) is 0 Å². The number of likely N-dealkylation sites (tertiary alicyclic amines) is 2. The molecule has 3 rings (SSSR count). The summed E-state index contributed by atoms with van der Waals surface area (Å²) >= 11 is 0. The maximum atomic E-state index is 12.7. The van der Waals surface area contributed by atoms with Crippen molar-refractivity contribution in [3.05, 3.63) is 35.4 Å². The quantitative estimate of drug-likeness (QED) is 0.887. The molecule has 25 heavy (non-hydrogen) atoms. The smallest absolute Gasteiger partial charge is 0.227 e. The number of piperidine rings is 1. The number of carbonyl (C=O) groups is 3. The number of hydrogen-bond acceptors (Lipinski definition) is 3. The number of primary amides is 1. The van der Waals surface area contributed by atoms with Gasteiger partial charge in [-0.3, -0.25) is 14.4 Å². The summed E-state index contributed by atoms with van der Waals surface area (Å²) in [5.41, 5.74) is 7.60. The molecule has 2 N–H and O–H groups in total. The third-order valence-corrected chi connectivity index (χ3v) is 5.27. The van der Waals surface area contributed by atoms with Gasteiger partial charge in [0, 0.05) is 38.5 Å². The minimum atomic E-state index is -0.285. The lowest BCUT2D eigenvalue weighted by Gasteiger charge is -2.32. The van der Waals surface area contributed by atoms with Crippen LogP contribution in [0.15, 0.2) is 24.3 Å². The molecule has 0 spiro atoms. The van der Waals surface area contributed by atoms with Gasteiger partial charge in [0.05, 0.1) is 5.92 Å². The average Bonchev–Trinajstić information content (AvgIpc) is 2.97. The van der Waals surface area contributed by atoms with Gasteiger partial charge in [-0.25, -0.2) is 0 Å². The third-order valence-electron chi connectivity index (χ3n) is 5.27. The summed E-state index contributed by atoms with van der Waals surface area (Å²) in [6.45, 7) is 4.15. The molecule has 2 saturated heterocycles. The van der Waals surface area contributed by atoms with Gasteiger partial charge in [-0.1, -0.05) is 29.8 Å². The van der Waals surface area contributed by atoms with E-state index in [1.807, 2.05) is 31.2 Å². The van der Waals surface area contributed by atoms with Crippen molar-refractivity contribution in [3.8, 4) is 0 Å². The molecular weight excluding hydrogens is 318 g/mol. The van der Waals surface area contributed by atoms with Crippen LogP contribution in [0.5, 0.6) is 0 Å². The lowest BCUT2D eigenvalue weighted by Crippen LogP contribution is -2.44. The predicted octanol–water partition coefficient (Wildman–Crippen LogP) is 1.07. The van der Waals surface area contributed by atoms with Crippen molar-refractivity contribution < 1.29 is 14.4 Å². The molecule has 0 aromatic heterocycles. The van der Waals surface area contributed by atoms with Crippen molar-refractivity contribution in [2.75, 3.05) is 19.6 Å². The minimum Gasteiger partial charge on any atom is -0.369 e. The molecule has 2 heterocycles. The Bertz CT molecular complexity index is 663. The highest BCUT2D eigenvalue weighted by atomic mass is 16.2. The van der Waals surface area contributed by atoms with Crippen LogP contribution in [0.25, 0.3) is 0 Å². The maximum absolute atomic E-state index is 12.7. The highest BCUT2D eigenvalue weighted by Crippen LogP contribution is 2.25. The Morgan fingerprint density at radius 3 is 2.36 bits per heavy atom. The Balaban J connectivity index is 1.56. The van der Waals surface area contributed by atoms with Crippen LogP contribution in [0.4, 0.5) is 0 Å². The molecule has 1 unspecified atom stereocenters. The highest BCUT2D eigenvalue weighted by Gasteiger charge is 2.37. The average molecular weight is 343 g/mol. The molecule has 3 amide bonds. The molecule has 2 aliphatic rings. The SMILES string of the molecule is Cc1ccc(CN2CC(C(=O)N3CCC(C(N)=O)CC3)CC2=O)cc1. The lowest BCUT2D eigenvalue weighted by molar-refractivity contribution is -0.138. The van der Waals surface area contributed by atoms with Crippen molar-refractivity contribution in [2.24, 2.45) is 17.6 Å². The Morgan fingerprint density at radius 2 is 1.76 bits per heavy atom. The monoisotopic (exact) mass is 343 g/mol. The Kier molecular flexibility index (Phi) is 5.06. The number of nitrogens with zero attached hydrogens (tertiary/aromatic N) is 2. The van der Waals surface area contributed by atoms with Gasteiger partial charge in [0.1, 0.15) is 0 Å². The topological polar surface area (TPSA) is 83.7 Å². The van der Waals surface area contributed by atoms with Crippen LogP contribution < -0.4 is 5.73 Å². The van der Waals surface area contributed by atoms with E-state index in [0.717, 1.165) is 5.56 Å². The number of carbonyl (C=O) groups excluding carboxylic acids is 3. The van der Waals surface area contributed by atoms with Crippen molar-refractivity contribution in [2.45, 2.75) is 32.7 Å². The number of rotatable bonds is 4. The normalized spacial score (nSPS) is 21.6. The van der Waals surface area contributed by atoms with Crippen molar-refractivity contribution >= 4 is 17.7 Å². The summed E-state index contributed by atoms with van der Waals surface area (Å²) in [6, 6.07) is 8.10. The minimum absolute atomic E-state index is 0.0303. The van der Waals surface area contributed by atoms with Gasteiger partial charge < -0.3 is 15.5 Å². The van der Waals surface area contributed by atoms with Crippen LogP contribution in [0.2, 0.25) is 0 Å². The largest absolute Gasteiger partial charge is 0.369 e. The molecule has 0 radical (unpaired) electrons. The number of benzene rings is 1. The summed E-state index contributed by atoms with van der Waals surface area (Å²) in [5.74, 6) is -0.628. The third kappa shape index (κ3) is 4.00. The van der Waals surface area contributed by atoms with E-state index in [9.17, 15) is 14.4 Å². The zero-order chi connectivity index (χ0) is 18.0. The molecule has 6 nitrogen and oxygen atoms in total. The van der Waals surface area contributed by atoms with Crippen LogP contribution >= 0.6 is 0 Å². The Labute approximate surface area is 148 Å². The first-order valence-corrected chi connectivity index (χ1v) is 8.85. The van der Waals surface area contributed by atoms with Crippen LogP contribution in [-0.4, -0.2) is 47.2 Å². The van der Waals surface area contributed by atoms with E-state index in [4.69, 9.17) is 5.73 Å². The highest BCUT2D eigenvalue weighted by molar-refractivity contribution is 5.89. The molecule has 2 aliphatic heterocycles. The van der Waals surface area contributed by atoms with E-state index >= 15 is 0 Å². The zero-order valence-corrected chi connectivity index (χ0v) is 14.6. The number of aryl methyl sites for hydroxylation is 1. The second kappa shape index (κ2) is 7.25. The van der Waals surface area contributed by atoms with E-state index in [2.05, 4.69) is 0 Å². The summed E-state index contributed by atoms with van der Waals surface area (Å²) in [6.07, 6.45) is 1.52. The van der Waals surface area contributed by atoms with Crippen molar-refractivity contribution in [1.82, 2.24) is 9.80 Å². The van der Waals surface area contributed by atoms with Gasteiger partial charge in [-0.05, 0) is 25.3 Å². The molecule has 134 valence electrons. The second-order valence-electron chi connectivity index (χ2n) is 7.16. The predicted molar refractivity (Wildman–Crippen MR) is 93.2 cm³/mol. The molecular formula is C19H25N3O3. The Hall–Kier alpha value is -2.37. The van der Waals surface area contributed by atoms with Gasteiger partial charge in [-0.15, -0.1) is 0 Å². The number of nitrogens with two attached hydrogens (primary N) is 1. The van der Waals surface area contributed by atoms with E-state index in [0.29, 0.717) is 39.0 Å². The van der Waals surface area contributed by atoms with E-state index in [-0.39, 0.29) is 36.0 Å². The molecule has 0 aliphatic carbocycles. The molecule has 2 fully saturated rings. The van der Waals surface area contributed by atoms with Crippen LogP contribution in [0.3, 0.4) is 0 Å². The summed E-state index contributed by atoms with van der Waals surface area (Å²) in [7, 11) is 0. The van der Waals surface area contributed by atoms with Gasteiger partial charge in [0.15, 0.2) is 0 Å². The molecule has 0 saturated carbocycles. The fourth-order valence-electron chi connectivity index (χ4n) is 3.65. The standard InChI is InChI=1S/C19H25N3O3/c1-13-2-4-14(5-3-13)11-22-12-16(10-17(22)23)19(25)21-8-6-15(7-9-21)18(20)24/h2-5,15-16H,6-12H2,1H3,(H2,20,24). The van der Waals surface area contributed by atoms with Crippen molar-refractivity contribution in [1.29, 1.82) is 0 Å². The van der Waals surface area contributed by atoms with Crippen molar-refractivity contribution in [3.63, 3.8) is 0 Å². The first-order valence-electron chi connectivity index (χ1n) is 8.85. The first-order chi connectivity index (χ1) is 11.9. The Morgan fingerprint density at radius 1 is 1.12 bits per heavy atom. The lowest BCUT2D eigenvalue weighted by atomic mass is 9.95. The molecule has 1 atom stereocenters. The van der Waals surface area contributed by atoms with Gasteiger partial charge in [0.25, 0.3) is 0 Å². The molecule has 6 heteroatoms. The van der Waals surface area contributed by atoms with E-state index in [1.54, 1.807) is 9.80 Å². The van der Waals surface area contributed by atoms with E-state index < -0.39 is 0 Å².